The van der Waals surface area contributed by atoms with Gasteiger partial charge in [-0.05, 0) is 32.9 Å². The molecule has 1 aromatic heterocycles. The minimum Gasteiger partial charge on any atom is -0.384 e. The summed E-state index contributed by atoms with van der Waals surface area (Å²) in [4.78, 5) is 10.6. The monoisotopic (exact) mass is 221 g/mol. The third-order valence-corrected chi connectivity index (χ3v) is 3.05. The summed E-state index contributed by atoms with van der Waals surface area (Å²) in [7, 11) is 2.17. The molecule has 16 heavy (non-hydrogen) atoms. The average molecular weight is 221 g/mol. The Hall–Kier alpha value is -1.36. The molecule has 2 rings (SSSR count). The first-order valence-electron chi connectivity index (χ1n) is 5.71. The van der Waals surface area contributed by atoms with Crippen molar-refractivity contribution in [2.75, 3.05) is 24.6 Å². The predicted molar refractivity (Wildman–Crippen MR) is 65.2 cm³/mol. The van der Waals surface area contributed by atoms with E-state index in [0.717, 1.165) is 12.6 Å². The largest absolute Gasteiger partial charge is 0.384 e. The van der Waals surface area contributed by atoms with Crippen molar-refractivity contribution in [1.82, 2.24) is 14.9 Å². The Morgan fingerprint density at radius 2 is 2.38 bits per heavy atom. The first kappa shape index (κ1) is 11.1. The first-order chi connectivity index (χ1) is 7.66. The molecule has 0 spiro atoms. The molecule has 1 fully saturated rings. The van der Waals surface area contributed by atoms with Crippen LogP contribution in [0.5, 0.6) is 0 Å². The van der Waals surface area contributed by atoms with E-state index in [0.29, 0.717) is 17.8 Å². The maximum atomic E-state index is 5.58. The van der Waals surface area contributed by atoms with Gasteiger partial charge in [-0.1, -0.05) is 0 Å². The topological polar surface area (TPSA) is 67.1 Å². The number of hydrogen-bond acceptors (Lipinski definition) is 5. The Morgan fingerprint density at radius 1 is 1.62 bits per heavy atom. The van der Waals surface area contributed by atoms with Crippen molar-refractivity contribution in [2.24, 2.45) is 0 Å². The van der Waals surface area contributed by atoms with Gasteiger partial charge in [0.25, 0.3) is 0 Å². The van der Waals surface area contributed by atoms with E-state index in [4.69, 9.17) is 5.73 Å². The van der Waals surface area contributed by atoms with E-state index >= 15 is 0 Å². The summed E-state index contributed by atoms with van der Waals surface area (Å²) >= 11 is 0. The maximum absolute atomic E-state index is 5.58. The predicted octanol–water partition coefficient (Wildman–Crippen LogP) is 0.953. The van der Waals surface area contributed by atoms with Gasteiger partial charge < -0.3 is 11.1 Å². The van der Waals surface area contributed by atoms with Gasteiger partial charge in [0.2, 0.25) is 5.95 Å². The number of hydrogen-bond donors (Lipinski definition) is 2. The SMILES string of the molecule is CC(CNc1nccc(N)n1)N(C)C1CC1. The number of nitrogens with zero attached hydrogens (tertiary/aromatic N) is 3. The van der Waals surface area contributed by atoms with Gasteiger partial charge >= 0.3 is 0 Å². The summed E-state index contributed by atoms with van der Waals surface area (Å²) in [6.45, 7) is 3.05. The highest BCUT2D eigenvalue weighted by molar-refractivity contribution is 5.34. The van der Waals surface area contributed by atoms with Crippen molar-refractivity contribution in [3.63, 3.8) is 0 Å². The Balaban J connectivity index is 1.82. The molecule has 5 heteroatoms. The molecule has 5 nitrogen and oxygen atoms in total. The summed E-state index contributed by atoms with van der Waals surface area (Å²) in [6.07, 6.45) is 4.32. The van der Waals surface area contributed by atoms with Crippen LogP contribution in [0.2, 0.25) is 0 Å². The van der Waals surface area contributed by atoms with Gasteiger partial charge in [-0.2, -0.15) is 4.98 Å². The molecule has 0 radical (unpaired) electrons. The Kier molecular flexibility index (Phi) is 3.24. The molecule has 0 aromatic carbocycles. The first-order valence-corrected chi connectivity index (χ1v) is 5.71. The molecule has 0 bridgehead atoms. The summed E-state index contributed by atoms with van der Waals surface area (Å²) in [5, 5.41) is 3.20. The normalized spacial score (nSPS) is 17.4. The van der Waals surface area contributed by atoms with Crippen LogP contribution >= 0.6 is 0 Å². The lowest BCUT2D eigenvalue weighted by molar-refractivity contribution is 0.257. The molecule has 0 saturated heterocycles. The molecular weight excluding hydrogens is 202 g/mol. The van der Waals surface area contributed by atoms with Crippen molar-refractivity contribution < 1.29 is 0 Å². The summed E-state index contributed by atoms with van der Waals surface area (Å²) in [6, 6.07) is 2.95. The van der Waals surface area contributed by atoms with Crippen molar-refractivity contribution >= 4 is 11.8 Å². The van der Waals surface area contributed by atoms with Crippen LogP contribution in [0.3, 0.4) is 0 Å². The molecule has 88 valence electrons. The molecule has 3 N–H and O–H groups in total. The van der Waals surface area contributed by atoms with Crippen molar-refractivity contribution in [2.45, 2.75) is 31.8 Å². The van der Waals surface area contributed by atoms with Crippen molar-refractivity contribution in [3.8, 4) is 0 Å². The van der Waals surface area contributed by atoms with Crippen LogP contribution in [0.4, 0.5) is 11.8 Å². The quantitative estimate of drug-likeness (QED) is 0.775. The number of aromatic nitrogens is 2. The van der Waals surface area contributed by atoms with Gasteiger partial charge in [0.1, 0.15) is 5.82 Å². The molecule has 1 saturated carbocycles. The van der Waals surface area contributed by atoms with Crippen LogP contribution in [0.25, 0.3) is 0 Å². The standard InChI is InChI=1S/C11H19N5/c1-8(16(2)9-3-4-9)7-14-11-13-6-5-10(12)15-11/h5-6,8-9H,3-4,7H2,1-2H3,(H3,12,13,14,15). The van der Waals surface area contributed by atoms with Gasteiger partial charge in [-0.25, -0.2) is 4.98 Å². The van der Waals surface area contributed by atoms with Crippen LogP contribution in [0.1, 0.15) is 19.8 Å². The van der Waals surface area contributed by atoms with E-state index in [1.165, 1.54) is 12.8 Å². The maximum Gasteiger partial charge on any atom is 0.224 e. The second-order valence-electron chi connectivity index (χ2n) is 4.43. The smallest absolute Gasteiger partial charge is 0.224 e. The molecule has 1 heterocycles. The fraction of sp³-hybridized carbons (Fsp3) is 0.636. The molecule has 1 unspecified atom stereocenters. The van der Waals surface area contributed by atoms with Gasteiger partial charge in [-0.15, -0.1) is 0 Å². The molecule has 1 aliphatic carbocycles. The van der Waals surface area contributed by atoms with Gasteiger partial charge in [0.05, 0.1) is 0 Å². The summed E-state index contributed by atoms with van der Waals surface area (Å²) in [5.74, 6) is 1.11. The molecule has 0 amide bonds. The Bertz CT molecular complexity index is 350. The minimum absolute atomic E-state index is 0.484. The number of rotatable bonds is 5. The third kappa shape index (κ3) is 2.82. The fourth-order valence-electron chi connectivity index (χ4n) is 1.68. The van der Waals surface area contributed by atoms with E-state index in [9.17, 15) is 0 Å². The molecule has 1 aliphatic rings. The molecular formula is C11H19N5. The molecule has 1 aromatic rings. The fourth-order valence-corrected chi connectivity index (χ4v) is 1.68. The average Bonchev–Trinajstić information content (AvgIpc) is 3.09. The van der Waals surface area contributed by atoms with Crippen LogP contribution in [0, 0.1) is 0 Å². The number of nitrogens with one attached hydrogen (secondary N) is 1. The zero-order chi connectivity index (χ0) is 11.5. The Morgan fingerprint density at radius 3 is 3.00 bits per heavy atom. The lowest BCUT2D eigenvalue weighted by atomic mass is 10.3. The van der Waals surface area contributed by atoms with Gasteiger partial charge in [-0.3, -0.25) is 4.90 Å². The summed E-state index contributed by atoms with van der Waals surface area (Å²) < 4.78 is 0. The van der Waals surface area contributed by atoms with Crippen LogP contribution in [0.15, 0.2) is 12.3 Å². The van der Waals surface area contributed by atoms with E-state index in [2.05, 4.69) is 34.2 Å². The Labute approximate surface area is 96.1 Å². The van der Waals surface area contributed by atoms with E-state index < -0.39 is 0 Å². The lowest BCUT2D eigenvalue weighted by Gasteiger charge is -2.24. The van der Waals surface area contributed by atoms with Gasteiger partial charge in [0, 0.05) is 24.8 Å². The second-order valence-corrected chi connectivity index (χ2v) is 4.43. The lowest BCUT2D eigenvalue weighted by Crippen LogP contribution is -2.36. The van der Waals surface area contributed by atoms with Crippen molar-refractivity contribution in [1.29, 1.82) is 0 Å². The van der Waals surface area contributed by atoms with Crippen LogP contribution in [-0.2, 0) is 0 Å². The zero-order valence-corrected chi connectivity index (χ0v) is 9.85. The van der Waals surface area contributed by atoms with Crippen LogP contribution < -0.4 is 11.1 Å². The van der Waals surface area contributed by atoms with E-state index in [1.54, 1.807) is 12.3 Å². The second kappa shape index (κ2) is 4.65. The number of likely N-dealkylation sites (N-methyl/N-ethyl adjacent to an activating group) is 1. The highest BCUT2D eigenvalue weighted by atomic mass is 15.2. The highest BCUT2D eigenvalue weighted by Crippen LogP contribution is 2.26. The number of nitrogens with two attached hydrogens (primary N) is 1. The number of nitrogen functional groups attached to an aromatic ring is 1. The third-order valence-electron chi connectivity index (χ3n) is 3.05. The molecule has 1 atom stereocenters. The van der Waals surface area contributed by atoms with Crippen LogP contribution in [-0.4, -0.2) is 40.5 Å². The highest BCUT2D eigenvalue weighted by Gasteiger charge is 2.28. The minimum atomic E-state index is 0.484. The summed E-state index contributed by atoms with van der Waals surface area (Å²) in [5.41, 5.74) is 5.58. The number of anilines is 2. The zero-order valence-electron chi connectivity index (χ0n) is 9.85. The van der Waals surface area contributed by atoms with E-state index in [1.807, 2.05) is 0 Å². The molecule has 0 aliphatic heterocycles. The van der Waals surface area contributed by atoms with Gasteiger partial charge in [0.15, 0.2) is 0 Å². The van der Waals surface area contributed by atoms with E-state index in [-0.39, 0.29) is 0 Å². The van der Waals surface area contributed by atoms with Crippen molar-refractivity contribution in [3.05, 3.63) is 12.3 Å².